The highest BCUT2D eigenvalue weighted by atomic mass is 32.2. The highest BCUT2D eigenvalue weighted by Gasteiger charge is 2.23. The Bertz CT molecular complexity index is 623. The number of hydrogen-bond acceptors (Lipinski definition) is 8. The fourth-order valence-corrected chi connectivity index (χ4v) is 4.10. The smallest absolute Gasteiger partial charge is 0.304 e. The van der Waals surface area contributed by atoms with Gasteiger partial charge in [0.1, 0.15) is 4.21 Å². The minimum absolute atomic E-state index is 0.00915. The molecule has 0 aromatic carbocycles. The van der Waals surface area contributed by atoms with E-state index in [4.69, 9.17) is 4.74 Å². The van der Waals surface area contributed by atoms with Crippen LogP contribution in [0.2, 0.25) is 0 Å². The van der Waals surface area contributed by atoms with Gasteiger partial charge in [0.25, 0.3) is 0 Å². The van der Waals surface area contributed by atoms with Gasteiger partial charge in [0.05, 0.1) is 18.1 Å². The van der Waals surface area contributed by atoms with Crippen LogP contribution in [0.5, 0.6) is 0 Å². The predicted molar refractivity (Wildman–Crippen MR) is 84.4 cm³/mol. The molecule has 0 spiro atoms. The maximum absolute atomic E-state index is 11.5. The lowest BCUT2D eigenvalue weighted by molar-refractivity contribution is -0.383. The first-order valence-corrected chi connectivity index (χ1v) is 9.61. The Labute approximate surface area is 133 Å². The second-order valence-electron chi connectivity index (χ2n) is 5.04. The summed E-state index contributed by atoms with van der Waals surface area (Å²) in [5.74, 6) is 0. The molecule has 22 heavy (non-hydrogen) atoms. The Balaban J connectivity index is 1.91. The van der Waals surface area contributed by atoms with Crippen LogP contribution in [-0.2, 0) is 14.6 Å². The van der Waals surface area contributed by atoms with Crippen LogP contribution in [-0.4, -0.2) is 63.9 Å². The van der Waals surface area contributed by atoms with Gasteiger partial charge in [-0.2, -0.15) is 0 Å². The van der Waals surface area contributed by atoms with Gasteiger partial charge in [-0.1, -0.05) is 11.3 Å². The van der Waals surface area contributed by atoms with Crippen LogP contribution >= 0.6 is 11.3 Å². The van der Waals surface area contributed by atoms with Crippen LogP contribution in [0.1, 0.15) is 6.42 Å². The van der Waals surface area contributed by atoms with E-state index < -0.39 is 14.8 Å². The first-order valence-electron chi connectivity index (χ1n) is 6.90. The van der Waals surface area contributed by atoms with Gasteiger partial charge in [0, 0.05) is 32.0 Å². The number of morpholine rings is 1. The molecule has 1 aliphatic heterocycles. The number of sulfone groups is 1. The van der Waals surface area contributed by atoms with Gasteiger partial charge in [-0.15, -0.1) is 0 Å². The van der Waals surface area contributed by atoms with Crippen LogP contribution < -0.4 is 5.32 Å². The maximum Gasteiger partial charge on any atom is 0.304 e. The van der Waals surface area contributed by atoms with Crippen LogP contribution in [0.4, 0.5) is 10.7 Å². The number of nitrogens with zero attached hydrogens (tertiary/aromatic N) is 2. The van der Waals surface area contributed by atoms with E-state index in [0.717, 1.165) is 62.9 Å². The van der Waals surface area contributed by atoms with Crippen molar-refractivity contribution in [2.24, 2.45) is 0 Å². The summed E-state index contributed by atoms with van der Waals surface area (Å²) in [6.07, 6.45) is 1.87. The highest BCUT2D eigenvalue weighted by molar-refractivity contribution is 7.92. The van der Waals surface area contributed by atoms with Gasteiger partial charge in [-0.25, -0.2) is 8.42 Å². The van der Waals surface area contributed by atoms with Crippen molar-refractivity contribution in [2.45, 2.75) is 10.6 Å². The average Bonchev–Trinajstić information content (AvgIpc) is 2.89. The molecule has 0 bridgehead atoms. The monoisotopic (exact) mass is 349 g/mol. The SMILES string of the molecule is CS(=O)(=O)c1cc([N+](=O)[O-])c(NCCCN2CCOCC2)s1. The molecular weight excluding hydrogens is 330 g/mol. The lowest BCUT2D eigenvalue weighted by Crippen LogP contribution is -2.37. The molecule has 0 amide bonds. The van der Waals surface area contributed by atoms with Crippen molar-refractivity contribution in [3.63, 3.8) is 0 Å². The molecule has 1 aliphatic rings. The number of rotatable bonds is 7. The maximum atomic E-state index is 11.5. The van der Waals surface area contributed by atoms with Crippen molar-refractivity contribution in [1.82, 2.24) is 4.90 Å². The van der Waals surface area contributed by atoms with E-state index in [-0.39, 0.29) is 9.90 Å². The second-order valence-corrected chi connectivity index (χ2v) is 8.34. The standard InChI is InChI=1S/C12H19N3O5S2/c1-22(18,19)11-9-10(15(16)17)12(21-11)13-3-2-4-14-5-7-20-8-6-14/h9,13H,2-8H2,1H3. The Morgan fingerprint density at radius 1 is 1.45 bits per heavy atom. The fourth-order valence-electron chi connectivity index (χ4n) is 2.13. The highest BCUT2D eigenvalue weighted by Crippen LogP contribution is 2.36. The van der Waals surface area contributed by atoms with E-state index in [1.807, 2.05) is 0 Å². The minimum atomic E-state index is -3.43. The molecule has 2 rings (SSSR count). The summed E-state index contributed by atoms with van der Waals surface area (Å²) in [6.45, 7) is 4.72. The number of ether oxygens (including phenoxy) is 1. The van der Waals surface area contributed by atoms with E-state index in [9.17, 15) is 18.5 Å². The fraction of sp³-hybridized carbons (Fsp3) is 0.667. The van der Waals surface area contributed by atoms with E-state index in [1.54, 1.807) is 0 Å². The van der Waals surface area contributed by atoms with Gasteiger partial charge in [-0.3, -0.25) is 15.0 Å². The van der Waals surface area contributed by atoms with Gasteiger partial charge in [0.15, 0.2) is 14.8 Å². The van der Waals surface area contributed by atoms with E-state index in [2.05, 4.69) is 10.2 Å². The molecule has 1 fully saturated rings. The lowest BCUT2D eigenvalue weighted by Gasteiger charge is -2.26. The predicted octanol–water partition coefficient (Wildman–Crippen LogP) is 1.19. The third-order valence-electron chi connectivity index (χ3n) is 3.29. The van der Waals surface area contributed by atoms with Crippen LogP contribution in [0.3, 0.4) is 0 Å². The van der Waals surface area contributed by atoms with Crippen molar-refractivity contribution in [2.75, 3.05) is 51.0 Å². The number of nitro groups is 1. The average molecular weight is 349 g/mol. The summed E-state index contributed by atoms with van der Waals surface area (Å²) >= 11 is 0.906. The molecule has 1 aromatic rings. The summed E-state index contributed by atoms with van der Waals surface area (Å²) in [6, 6.07) is 1.12. The van der Waals surface area contributed by atoms with E-state index >= 15 is 0 Å². The van der Waals surface area contributed by atoms with Crippen LogP contribution in [0, 0.1) is 10.1 Å². The Morgan fingerprint density at radius 2 is 2.14 bits per heavy atom. The molecule has 2 heterocycles. The molecule has 1 aromatic heterocycles. The first kappa shape index (κ1) is 17.1. The largest absolute Gasteiger partial charge is 0.379 e. The number of thiophene rings is 1. The third-order valence-corrected chi connectivity index (χ3v) is 6.18. The number of nitrogens with one attached hydrogen (secondary N) is 1. The zero-order valence-electron chi connectivity index (χ0n) is 12.3. The Hall–Kier alpha value is -1.23. The minimum Gasteiger partial charge on any atom is -0.379 e. The Kier molecular flexibility index (Phi) is 5.73. The molecule has 0 aliphatic carbocycles. The number of anilines is 1. The third kappa shape index (κ3) is 4.63. The lowest BCUT2D eigenvalue weighted by atomic mass is 10.3. The van der Waals surface area contributed by atoms with Crippen molar-refractivity contribution in [3.05, 3.63) is 16.2 Å². The summed E-state index contributed by atoms with van der Waals surface area (Å²) in [5, 5.41) is 14.3. The Morgan fingerprint density at radius 3 is 2.73 bits per heavy atom. The number of hydrogen-bond donors (Lipinski definition) is 1. The van der Waals surface area contributed by atoms with Crippen molar-refractivity contribution in [1.29, 1.82) is 0 Å². The molecule has 0 atom stereocenters. The van der Waals surface area contributed by atoms with Gasteiger partial charge in [0.2, 0.25) is 0 Å². The van der Waals surface area contributed by atoms with Crippen molar-refractivity contribution >= 4 is 31.9 Å². The topological polar surface area (TPSA) is 102 Å². The quantitative estimate of drug-likeness (QED) is 0.448. The molecule has 0 unspecified atom stereocenters. The summed E-state index contributed by atoms with van der Waals surface area (Å²) in [5.41, 5.74) is -0.184. The first-order chi connectivity index (χ1) is 10.4. The summed E-state index contributed by atoms with van der Waals surface area (Å²) in [7, 11) is -3.43. The van der Waals surface area contributed by atoms with E-state index in [1.165, 1.54) is 0 Å². The molecular formula is C12H19N3O5S2. The normalized spacial score (nSPS) is 16.6. The van der Waals surface area contributed by atoms with E-state index in [0.29, 0.717) is 11.5 Å². The van der Waals surface area contributed by atoms with Crippen LogP contribution in [0.25, 0.3) is 0 Å². The van der Waals surface area contributed by atoms with Gasteiger partial charge >= 0.3 is 5.69 Å². The van der Waals surface area contributed by atoms with Gasteiger partial charge in [-0.05, 0) is 13.0 Å². The zero-order chi connectivity index (χ0) is 16.2. The summed E-state index contributed by atoms with van der Waals surface area (Å²) in [4.78, 5) is 12.7. The van der Waals surface area contributed by atoms with Crippen LogP contribution in [0.15, 0.2) is 10.3 Å². The summed E-state index contributed by atoms with van der Waals surface area (Å²) < 4.78 is 28.3. The molecule has 0 radical (unpaired) electrons. The molecule has 8 nitrogen and oxygen atoms in total. The van der Waals surface area contributed by atoms with Crippen molar-refractivity contribution in [3.8, 4) is 0 Å². The zero-order valence-corrected chi connectivity index (χ0v) is 13.9. The second kappa shape index (κ2) is 7.36. The molecule has 1 saturated heterocycles. The molecule has 1 N–H and O–H groups in total. The molecule has 10 heteroatoms. The molecule has 124 valence electrons. The molecule has 0 saturated carbocycles. The van der Waals surface area contributed by atoms with Crippen molar-refractivity contribution < 1.29 is 18.1 Å². The van der Waals surface area contributed by atoms with Gasteiger partial charge < -0.3 is 10.1 Å².